The molecule has 1 heterocycles. The van der Waals surface area contributed by atoms with E-state index in [1.165, 1.54) is 0 Å². The van der Waals surface area contributed by atoms with Crippen molar-refractivity contribution in [2.45, 2.75) is 19.4 Å². The maximum absolute atomic E-state index is 6.06. The topological polar surface area (TPSA) is 47.7 Å². The second-order valence-corrected chi connectivity index (χ2v) is 4.91. The van der Waals surface area contributed by atoms with E-state index in [4.69, 9.17) is 15.2 Å². The van der Waals surface area contributed by atoms with E-state index >= 15 is 0 Å². The third kappa shape index (κ3) is 2.53. The van der Waals surface area contributed by atoms with Crippen molar-refractivity contribution in [2.75, 3.05) is 37.9 Å². The zero-order chi connectivity index (χ0) is 13.1. The molecule has 0 aliphatic carbocycles. The number of hydrogen-bond acceptors (Lipinski definition) is 4. The smallest absolute Gasteiger partial charge is 0.121 e. The van der Waals surface area contributed by atoms with Crippen molar-refractivity contribution in [3.63, 3.8) is 0 Å². The summed E-state index contributed by atoms with van der Waals surface area (Å²) < 4.78 is 10.8. The molecule has 0 spiro atoms. The highest BCUT2D eigenvalue weighted by Gasteiger charge is 2.27. The van der Waals surface area contributed by atoms with Crippen LogP contribution in [0.2, 0.25) is 0 Å². The molecule has 4 heteroatoms. The lowest BCUT2D eigenvalue weighted by molar-refractivity contribution is 0.0498. The number of piperidine rings is 1. The number of nitrogen functional groups attached to an aromatic ring is 1. The first-order valence-electron chi connectivity index (χ1n) is 6.37. The summed E-state index contributed by atoms with van der Waals surface area (Å²) >= 11 is 0. The van der Waals surface area contributed by atoms with Crippen LogP contribution in [0.15, 0.2) is 18.2 Å². The molecule has 1 saturated heterocycles. The SMILES string of the molecule is COc1ccc(N)c(N2CCC(C)C(OC)C2)c1. The summed E-state index contributed by atoms with van der Waals surface area (Å²) in [5.74, 6) is 1.44. The maximum Gasteiger partial charge on any atom is 0.121 e. The van der Waals surface area contributed by atoms with Gasteiger partial charge in [-0.25, -0.2) is 0 Å². The van der Waals surface area contributed by atoms with Gasteiger partial charge in [-0.2, -0.15) is 0 Å². The van der Waals surface area contributed by atoms with Gasteiger partial charge in [0.15, 0.2) is 0 Å². The lowest BCUT2D eigenvalue weighted by atomic mass is 9.95. The summed E-state index contributed by atoms with van der Waals surface area (Å²) in [5.41, 5.74) is 7.90. The number of ether oxygens (including phenoxy) is 2. The fourth-order valence-corrected chi connectivity index (χ4v) is 2.48. The highest BCUT2D eigenvalue weighted by Crippen LogP contribution is 2.31. The molecule has 1 aromatic carbocycles. The number of benzene rings is 1. The van der Waals surface area contributed by atoms with E-state index in [9.17, 15) is 0 Å². The zero-order valence-corrected chi connectivity index (χ0v) is 11.3. The molecular weight excluding hydrogens is 228 g/mol. The van der Waals surface area contributed by atoms with Gasteiger partial charge in [0.2, 0.25) is 0 Å². The predicted octanol–water partition coefficient (Wildman–Crippen LogP) is 2.14. The van der Waals surface area contributed by atoms with Crippen LogP contribution in [-0.2, 0) is 4.74 Å². The number of nitrogens with zero attached hydrogens (tertiary/aromatic N) is 1. The molecule has 2 rings (SSSR count). The molecule has 0 aromatic heterocycles. The van der Waals surface area contributed by atoms with Crippen molar-refractivity contribution in [1.29, 1.82) is 0 Å². The van der Waals surface area contributed by atoms with Gasteiger partial charge in [-0.05, 0) is 24.5 Å². The Hall–Kier alpha value is -1.42. The first kappa shape index (κ1) is 13.0. The quantitative estimate of drug-likeness (QED) is 0.835. The second-order valence-electron chi connectivity index (χ2n) is 4.91. The Bertz CT molecular complexity index is 409. The molecule has 100 valence electrons. The monoisotopic (exact) mass is 250 g/mol. The van der Waals surface area contributed by atoms with Crippen LogP contribution in [0, 0.1) is 5.92 Å². The highest BCUT2D eigenvalue weighted by molar-refractivity contribution is 5.69. The van der Waals surface area contributed by atoms with Gasteiger partial charge in [0.1, 0.15) is 5.75 Å². The molecule has 1 fully saturated rings. The van der Waals surface area contributed by atoms with Crippen LogP contribution in [0.5, 0.6) is 5.75 Å². The van der Waals surface area contributed by atoms with Crippen molar-refractivity contribution in [2.24, 2.45) is 5.92 Å². The average molecular weight is 250 g/mol. The minimum absolute atomic E-state index is 0.268. The Morgan fingerprint density at radius 2 is 2.11 bits per heavy atom. The minimum atomic E-state index is 0.268. The highest BCUT2D eigenvalue weighted by atomic mass is 16.5. The van der Waals surface area contributed by atoms with E-state index < -0.39 is 0 Å². The number of methoxy groups -OCH3 is 2. The molecule has 0 bridgehead atoms. The fourth-order valence-electron chi connectivity index (χ4n) is 2.48. The molecule has 4 nitrogen and oxygen atoms in total. The number of nitrogens with two attached hydrogens (primary N) is 1. The van der Waals surface area contributed by atoms with Crippen LogP contribution < -0.4 is 15.4 Å². The molecule has 2 atom stereocenters. The summed E-state index contributed by atoms with van der Waals surface area (Å²) in [6.45, 7) is 4.13. The Labute approximate surface area is 109 Å². The number of hydrogen-bond donors (Lipinski definition) is 1. The molecule has 1 aromatic rings. The van der Waals surface area contributed by atoms with Gasteiger partial charge in [0.05, 0.1) is 24.6 Å². The lowest BCUT2D eigenvalue weighted by Gasteiger charge is -2.38. The Kier molecular flexibility index (Phi) is 3.97. The maximum atomic E-state index is 6.06. The van der Waals surface area contributed by atoms with Crippen LogP contribution in [0.4, 0.5) is 11.4 Å². The largest absolute Gasteiger partial charge is 0.497 e. The van der Waals surface area contributed by atoms with E-state index in [0.717, 1.165) is 36.6 Å². The molecule has 0 amide bonds. The van der Waals surface area contributed by atoms with E-state index in [1.807, 2.05) is 18.2 Å². The molecule has 1 aliphatic heterocycles. The molecule has 2 N–H and O–H groups in total. The van der Waals surface area contributed by atoms with E-state index in [1.54, 1.807) is 14.2 Å². The first-order valence-corrected chi connectivity index (χ1v) is 6.37. The summed E-state index contributed by atoms with van der Waals surface area (Å²) in [7, 11) is 3.45. The summed E-state index contributed by atoms with van der Waals surface area (Å²) in [4.78, 5) is 2.28. The Morgan fingerprint density at radius 1 is 1.33 bits per heavy atom. The molecular formula is C14H22N2O2. The molecule has 1 aliphatic rings. The third-order valence-corrected chi connectivity index (χ3v) is 3.77. The van der Waals surface area contributed by atoms with E-state index in [0.29, 0.717) is 5.92 Å². The van der Waals surface area contributed by atoms with Gasteiger partial charge in [-0.3, -0.25) is 0 Å². The molecule has 0 radical (unpaired) electrons. The first-order chi connectivity index (χ1) is 8.65. The fraction of sp³-hybridized carbons (Fsp3) is 0.571. The van der Waals surface area contributed by atoms with Crippen LogP contribution in [0.25, 0.3) is 0 Å². The van der Waals surface area contributed by atoms with Crippen LogP contribution >= 0.6 is 0 Å². The molecule has 0 saturated carbocycles. The number of anilines is 2. The summed E-state index contributed by atoms with van der Waals surface area (Å²) in [5, 5.41) is 0. The third-order valence-electron chi connectivity index (χ3n) is 3.77. The van der Waals surface area contributed by atoms with Gasteiger partial charge < -0.3 is 20.1 Å². The zero-order valence-electron chi connectivity index (χ0n) is 11.3. The minimum Gasteiger partial charge on any atom is -0.497 e. The van der Waals surface area contributed by atoms with Crippen molar-refractivity contribution in [3.05, 3.63) is 18.2 Å². The van der Waals surface area contributed by atoms with Crippen molar-refractivity contribution >= 4 is 11.4 Å². The normalized spacial score (nSPS) is 24.1. The second kappa shape index (κ2) is 5.48. The predicted molar refractivity (Wildman–Crippen MR) is 74.2 cm³/mol. The van der Waals surface area contributed by atoms with Crippen molar-refractivity contribution in [3.8, 4) is 5.75 Å². The standard InChI is InChI=1S/C14H22N2O2/c1-10-6-7-16(9-14(10)18-3)13-8-11(17-2)4-5-12(13)15/h4-5,8,10,14H,6-7,9,15H2,1-3H3. The van der Waals surface area contributed by atoms with Crippen LogP contribution in [-0.4, -0.2) is 33.4 Å². The summed E-state index contributed by atoms with van der Waals surface area (Å²) in [6, 6.07) is 5.78. The van der Waals surface area contributed by atoms with Gasteiger partial charge in [-0.15, -0.1) is 0 Å². The average Bonchev–Trinajstić information content (AvgIpc) is 2.40. The van der Waals surface area contributed by atoms with E-state index in [2.05, 4.69) is 11.8 Å². The van der Waals surface area contributed by atoms with E-state index in [-0.39, 0.29) is 6.10 Å². The summed E-state index contributed by atoms with van der Waals surface area (Å²) in [6.07, 6.45) is 1.39. The molecule has 2 unspecified atom stereocenters. The van der Waals surface area contributed by atoms with Gasteiger partial charge >= 0.3 is 0 Å². The van der Waals surface area contributed by atoms with Gasteiger partial charge in [-0.1, -0.05) is 6.92 Å². The van der Waals surface area contributed by atoms with Crippen LogP contribution in [0.1, 0.15) is 13.3 Å². The van der Waals surface area contributed by atoms with Crippen LogP contribution in [0.3, 0.4) is 0 Å². The van der Waals surface area contributed by atoms with Crippen molar-refractivity contribution < 1.29 is 9.47 Å². The molecule has 18 heavy (non-hydrogen) atoms. The lowest BCUT2D eigenvalue weighted by Crippen LogP contribution is -2.44. The Balaban J connectivity index is 2.20. The van der Waals surface area contributed by atoms with Gasteiger partial charge in [0.25, 0.3) is 0 Å². The van der Waals surface area contributed by atoms with Gasteiger partial charge in [0, 0.05) is 26.3 Å². The number of rotatable bonds is 3. The Morgan fingerprint density at radius 3 is 2.78 bits per heavy atom. The van der Waals surface area contributed by atoms with Crippen molar-refractivity contribution in [1.82, 2.24) is 0 Å².